The van der Waals surface area contributed by atoms with Gasteiger partial charge < -0.3 is 5.73 Å². The topological polar surface area (TPSA) is 92.1 Å². The molecule has 4 aromatic rings. The number of aromatic amines is 1. The Morgan fingerprint density at radius 3 is 2.13 bits per heavy atom. The minimum atomic E-state index is -5.34. The van der Waals surface area contributed by atoms with Crippen LogP contribution < -0.4 is 5.73 Å². The zero-order valence-electron chi connectivity index (χ0n) is 20.7. The first-order valence-corrected chi connectivity index (χ1v) is 14.1. The molecule has 1 fully saturated rings. The third kappa shape index (κ3) is 5.28. The molecule has 2 heterocycles. The maximum Gasteiger partial charge on any atom is 0.511 e. The third-order valence-corrected chi connectivity index (χ3v) is 9.12. The van der Waals surface area contributed by atoms with Gasteiger partial charge in [0.15, 0.2) is 0 Å². The summed E-state index contributed by atoms with van der Waals surface area (Å²) in [7, 11) is -5.34. The minimum absolute atomic E-state index is 0.145. The Morgan fingerprint density at radius 2 is 1.56 bits per heavy atom. The summed E-state index contributed by atoms with van der Waals surface area (Å²) in [5.41, 5.74) is 6.42. The Labute approximate surface area is 229 Å². The van der Waals surface area contributed by atoms with Gasteiger partial charge in [-0.3, -0.25) is 5.10 Å². The lowest BCUT2D eigenvalue weighted by molar-refractivity contribution is -0.0494. The summed E-state index contributed by atoms with van der Waals surface area (Å²) >= 11 is 6.16. The Bertz CT molecular complexity index is 1610. The summed E-state index contributed by atoms with van der Waals surface area (Å²) in [6.07, 6.45) is 0.481. The number of hydrogen-bond donors (Lipinski definition) is 2. The summed E-state index contributed by atoms with van der Waals surface area (Å²) in [5, 5.41) is 8.99. The maximum absolute atomic E-state index is 13.0. The van der Waals surface area contributed by atoms with E-state index >= 15 is 0 Å². The number of aromatic nitrogens is 2. The van der Waals surface area contributed by atoms with Crippen molar-refractivity contribution >= 4 is 38.2 Å². The van der Waals surface area contributed by atoms with Gasteiger partial charge in [0, 0.05) is 41.0 Å². The van der Waals surface area contributed by atoms with Crippen LogP contribution in [0.5, 0.6) is 0 Å². The van der Waals surface area contributed by atoms with Crippen molar-refractivity contribution < 1.29 is 21.6 Å². The molecule has 0 bridgehead atoms. The zero-order chi connectivity index (χ0) is 27.9. The van der Waals surface area contributed by atoms with Crippen molar-refractivity contribution in [2.45, 2.75) is 30.2 Å². The number of benzene rings is 3. The lowest BCUT2D eigenvalue weighted by Crippen LogP contribution is -2.44. The molecule has 1 aliphatic rings. The van der Waals surface area contributed by atoms with E-state index in [-0.39, 0.29) is 37.8 Å². The predicted molar refractivity (Wildman–Crippen MR) is 147 cm³/mol. The molecule has 0 radical (unpaired) electrons. The number of rotatable bonds is 6. The number of halogens is 4. The van der Waals surface area contributed by atoms with E-state index in [0.29, 0.717) is 15.0 Å². The average Bonchev–Trinajstić information content (AvgIpc) is 3.33. The van der Waals surface area contributed by atoms with E-state index in [1.165, 1.54) is 0 Å². The molecule has 0 saturated carbocycles. The summed E-state index contributed by atoms with van der Waals surface area (Å²) in [5.74, 6) is -0.328. The molecule has 0 amide bonds. The molecule has 5 rings (SSSR count). The number of alkyl halides is 3. The summed E-state index contributed by atoms with van der Waals surface area (Å²) < 4.78 is 63.2. The monoisotopic (exact) mass is 574 g/mol. The standard InChI is InChI=1S/C28H26ClF3N4O2S/c1-17(33)18-2-4-19(5-3-18)26(20-6-9-23(29)10-7-20)22-8-11-25-24(16-22)27(35-34-25)21-12-14-36(15-13-21)39(37,38)28(30,31)32/h2-11,16,21,26H,1,12-15,33H2,(H,34,35). The van der Waals surface area contributed by atoms with Gasteiger partial charge in [-0.05, 0) is 59.4 Å². The Balaban J connectivity index is 1.50. The minimum Gasteiger partial charge on any atom is -0.399 e. The SMILES string of the molecule is C=C(N)c1ccc(C(c2ccc(Cl)cc2)c2ccc3[nH]nc(C4CCN(S(=O)(=O)C(F)(F)F)CC4)c3c2)cc1. The van der Waals surface area contributed by atoms with Crippen LogP contribution in [0.3, 0.4) is 0 Å². The number of piperidine rings is 1. The second-order valence-corrected chi connectivity index (χ2v) is 12.0. The fraction of sp³-hybridized carbons (Fsp3) is 0.250. The van der Waals surface area contributed by atoms with E-state index in [2.05, 4.69) is 16.8 Å². The molecule has 39 heavy (non-hydrogen) atoms. The molecule has 3 N–H and O–H groups in total. The van der Waals surface area contributed by atoms with E-state index in [1.54, 1.807) is 0 Å². The molecule has 6 nitrogen and oxygen atoms in total. The van der Waals surface area contributed by atoms with E-state index in [4.69, 9.17) is 17.3 Å². The lowest BCUT2D eigenvalue weighted by atomic mass is 9.83. The van der Waals surface area contributed by atoms with Crippen LogP contribution >= 0.6 is 11.6 Å². The highest BCUT2D eigenvalue weighted by Crippen LogP contribution is 2.38. The van der Waals surface area contributed by atoms with Gasteiger partial charge in [0.1, 0.15) is 0 Å². The van der Waals surface area contributed by atoms with Crippen LogP contribution in [0.4, 0.5) is 13.2 Å². The van der Waals surface area contributed by atoms with Crippen LogP contribution in [-0.4, -0.2) is 41.5 Å². The zero-order valence-corrected chi connectivity index (χ0v) is 22.3. The highest BCUT2D eigenvalue weighted by molar-refractivity contribution is 7.90. The first-order valence-electron chi connectivity index (χ1n) is 12.3. The van der Waals surface area contributed by atoms with Crippen molar-refractivity contribution in [3.05, 3.63) is 106 Å². The van der Waals surface area contributed by atoms with E-state index in [0.717, 1.165) is 38.9 Å². The van der Waals surface area contributed by atoms with Crippen molar-refractivity contribution in [2.24, 2.45) is 5.73 Å². The number of nitrogens with one attached hydrogen (secondary N) is 1. The molecule has 204 valence electrons. The molecule has 1 unspecified atom stereocenters. The van der Waals surface area contributed by atoms with Gasteiger partial charge in [-0.1, -0.05) is 60.6 Å². The number of fused-ring (bicyclic) bond motifs is 1. The number of H-pyrrole nitrogens is 1. The second kappa shape index (κ2) is 10.3. The van der Waals surface area contributed by atoms with Crippen LogP contribution in [0.2, 0.25) is 5.02 Å². The van der Waals surface area contributed by atoms with Gasteiger partial charge >= 0.3 is 15.5 Å². The Kier molecular flexibility index (Phi) is 7.21. The quantitative estimate of drug-likeness (QED) is 0.262. The van der Waals surface area contributed by atoms with Crippen LogP contribution in [0.1, 0.15) is 52.6 Å². The molecular formula is C28H26ClF3N4O2S. The highest BCUT2D eigenvalue weighted by Gasteiger charge is 2.50. The van der Waals surface area contributed by atoms with Crippen molar-refractivity contribution in [3.63, 3.8) is 0 Å². The van der Waals surface area contributed by atoms with Gasteiger partial charge in [-0.15, -0.1) is 0 Å². The van der Waals surface area contributed by atoms with Crippen molar-refractivity contribution in [1.29, 1.82) is 0 Å². The summed E-state index contributed by atoms with van der Waals surface area (Å²) in [6, 6.07) is 21.5. The lowest BCUT2D eigenvalue weighted by Gasteiger charge is -2.31. The summed E-state index contributed by atoms with van der Waals surface area (Å²) in [6.45, 7) is 3.37. The van der Waals surface area contributed by atoms with Crippen LogP contribution in [0.15, 0.2) is 73.3 Å². The van der Waals surface area contributed by atoms with Gasteiger partial charge in [-0.25, -0.2) is 8.42 Å². The molecule has 1 aliphatic heterocycles. The second-order valence-electron chi connectivity index (χ2n) is 9.67. The molecular weight excluding hydrogens is 549 g/mol. The largest absolute Gasteiger partial charge is 0.511 e. The molecule has 0 aliphatic carbocycles. The average molecular weight is 575 g/mol. The van der Waals surface area contributed by atoms with Gasteiger partial charge in [-0.2, -0.15) is 22.6 Å². The molecule has 1 aromatic heterocycles. The number of nitrogens with two attached hydrogens (primary N) is 1. The highest BCUT2D eigenvalue weighted by atomic mass is 35.5. The first-order chi connectivity index (χ1) is 18.5. The number of sulfonamides is 1. The van der Waals surface area contributed by atoms with Crippen LogP contribution in [0, 0.1) is 0 Å². The molecule has 0 spiro atoms. The molecule has 1 atom stereocenters. The van der Waals surface area contributed by atoms with Crippen LogP contribution in [-0.2, 0) is 10.0 Å². The normalized spacial score (nSPS) is 16.4. The molecule has 3 aromatic carbocycles. The first kappa shape index (κ1) is 27.2. The fourth-order valence-corrected chi connectivity index (χ4v) is 6.29. The Morgan fingerprint density at radius 1 is 1.00 bits per heavy atom. The van der Waals surface area contributed by atoms with Crippen molar-refractivity contribution in [2.75, 3.05) is 13.1 Å². The van der Waals surface area contributed by atoms with Crippen molar-refractivity contribution in [1.82, 2.24) is 14.5 Å². The van der Waals surface area contributed by atoms with Gasteiger partial charge in [0.25, 0.3) is 0 Å². The Hall–Kier alpha value is -3.34. The smallest absolute Gasteiger partial charge is 0.399 e. The number of hydrogen-bond acceptors (Lipinski definition) is 4. The van der Waals surface area contributed by atoms with E-state index < -0.39 is 15.5 Å². The fourth-order valence-electron chi connectivity index (χ4n) is 5.18. The number of nitrogens with zero attached hydrogens (tertiary/aromatic N) is 2. The predicted octanol–water partition coefficient (Wildman–Crippen LogP) is 6.35. The third-order valence-electron chi connectivity index (χ3n) is 7.24. The van der Waals surface area contributed by atoms with Crippen LogP contribution in [0.25, 0.3) is 16.6 Å². The van der Waals surface area contributed by atoms with E-state index in [1.807, 2.05) is 66.7 Å². The van der Waals surface area contributed by atoms with Crippen molar-refractivity contribution in [3.8, 4) is 0 Å². The summed E-state index contributed by atoms with van der Waals surface area (Å²) in [4.78, 5) is 0. The van der Waals surface area contributed by atoms with Gasteiger partial charge in [0.05, 0.1) is 11.2 Å². The van der Waals surface area contributed by atoms with E-state index in [9.17, 15) is 21.6 Å². The maximum atomic E-state index is 13.0. The molecule has 1 saturated heterocycles. The van der Waals surface area contributed by atoms with Gasteiger partial charge in [0.2, 0.25) is 0 Å². The molecule has 11 heteroatoms.